The number of amidine groups is 1. The van der Waals surface area contributed by atoms with Gasteiger partial charge >= 0.3 is 5.97 Å². The molecule has 2 aromatic carbocycles. The molecule has 0 saturated carbocycles. The number of thioether (sulfide) groups is 1. The lowest BCUT2D eigenvalue weighted by Crippen LogP contribution is -2.71. The zero-order chi connectivity index (χ0) is 26.9. The van der Waals surface area contributed by atoms with E-state index in [2.05, 4.69) is 15.6 Å². The molecular weight excluding hydrogens is 518 g/mol. The van der Waals surface area contributed by atoms with E-state index in [0.717, 1.165) is 0 Å². The second-order valence-corrected chi connectivity index (χ2v) is 11.4. The second-order valence-electron chi connectivity index (χ2n) is 9.20. The Morgan fingerprint density at radius 1 is 1.16 bits per heavy atom. The molecule has 0 radical (unpaired) electrons. The van der Waals surface area contributed by atoms with Gasteiger partial charge in [-0.15, -0.1) is 11.8 Å². The van der Waals surface area contributed by atoms with Crippen molar-refractivity contribution < 1.29 is 24.3 Å². The topological polar surface area (TPSA) is 154 Å². The molecule has 2 fully saturated rings. The molecule has 2 aliphatic rings. The van der Waals surface area contributed by atoms with E-state index < -0.39 is 51.9 Å². The molecule has 0 bridgehead atoms. The molecule has 2 heterocycles. The molecular formula is C25H26ClN5O5S. The summed E-state index contributed by atoms with van der Waals surface area (Å²) in [6.07, 6.45) is 0. The number of carbonyl (C=O) groups excluding carboxylic acids is 3. The van der Waals surface area contributed by atoms with Crippen molar-refractivity contribution in [1.82, 2.24) is 15.5 Å². The van der Waals surface area contributed by atoms with Gasteiger partial charge in [0.05, 0.1) is 0 Å². The van der Waals surface area contributed by atoms with E-state index in [1.165, 1.54) is 16.7 Å². The normalized spacial score (nSPS) is 23.0. The van der Waals surface area contributed by atoms with Crippen LogP contribution < -0.4 is 16.4 Å². The van der Waals surface area contributed by atoms with E-state index in [1.807, 2.05) is 0 Å². The number of aliphatic carboxylic acids is 1. The number of carbonyl (C=O) groups is 4. The molecule has 12 heteroatoms. The van der Waals surface area contributed by atoms with Gasteiger partial charge in [0.15, 0.2) is 0 Å². The number of aliphatic imine (C=N–C) groups is 1. The first kappa shape index (κ1) is 26.5. The molecule has 2 aliphatic heterocycles. The van der Waals surface area contributed by atoms with Crippen molar-refractivity contribution in [3.8, 4) is 0 Å². The van der Waals surface area contributed by atoms with Crippen molar-refractivity contribution in [2.45, 2.75) is 42.1 Å². The van der Waals surface area contributed by atoms with Gasteiger partial charge < -0.3 is 26.4 Å². The van der Waals surface area contributed by atoms with Gasteiger partial charge in [0.2, 0.25) is 17.7 Å². The highest BCUT2D eigenvalue weighted by molar-refractivity contribution is 8.01. The third-order valence-electron chi connectivity index (χ3n) is 6.21. The molecule has 194 valence electrons. The Bertz CT molecular complexity index is 1250. The zero-order valence-electron chi connectivity index (χ0n) is 20.1. The Morgan fingerprint density at radius 2 is 1.81 bits per heavy atom. The number of nitrogens with zero attached hydrogens (tertiary/aromatic N) is 2. The third-order valence-corrected chi connectivity index (χ3v) is 8.03. The summed E-state index contributed by atoms with van der Waals surface area (Å²) in [4.78, 5) is 56.0. The van der Waals surface area contributed by atoms with E-state index >= 15 is 0 Å². The number of carboxylic acid groups (broad SMARTS) is 1. The Hall–Kier alpha value is -3.57. The molecule has 10 nitrogen and oxygen atoms in total. The summed E-state index contributed by atoms with van der Waals surface area (Å²) in [6.45, 7) is 3.18. The highest BCUT2D eigenvalue weighted by Gasteiger charge is 2.64. The average Bonchev–Trinajstić information content (AvgIpc) is 3.13. The molecule has 2 saturated heterocycles. The Morgan fingerprint density at radius 3 is 2.43 bits per heavy atom. The minimum absolute atomic E-state index is 0.140. The van der Waals surface area contributed by atoms with Crippen molar-refractivity contribution in [3.63, 3.8) is 0 Å². The highest BCUT2D eigenvalue weighted by Crippen LogP contribution is 2.50. The number of β-lactam (4-membered cyclic amide) rings is 1. The van der Waals surface area contributed by atoms with Crippen LogP contribution in [0.5, 0.6) is 0 Å². The lowest BCUT2D eigenvalue weighted by atomic mass is 9.95. The molecule has 4 atom stereocenters. The fraction of sp³-hybridized carbons (Fsp3) is 0.320. The van der Waals surface area contributed by atoms with Crippen LogP contribution in [0.2, 0.25) is 5.02 Å². The van der Waals surface area contributed by atoms with Crippen molar-refractivity contribution in [2.75, 3.05) is 6.54 Å². The SMILES string of the molecule is CC1(C)S[C@@H]2C(NC(=O)C(NC(=O)CN=C(N)c3ccc(Cl)cc3)c3ccccc3)C(=O)N2[C@H]1C(=O)O. The predicted molar refractivity (Wildman–Crippen MR) is 140 cm³/mol. The maximum absolute atomic E-state index is 13.3. The number of hydrogen-bond acceptors (Lipinski definition) is 6. The quantitative estimate of drug-likeness (QED) is 0.224. The number of rotatable bonds is 8. The molecule has 3 amide bonds. The largest absolute Gasteiger partial charge is 0.480 e. The zero-order valence-corrected chi connectivity index (χ0v) is 21.6. The van der Waals surface area contributed by atoms with Crippen LogP contribution in [0.3, 0.4) is 0 Å². The number of benzene rings is 2. The number of nitrogens with two attached hydrogens (primary N) is 1. The van der Waals surface area contributed by atoms with Crippen molar-refractivity contribution in [3.05, 3.63) is 70.7 Å². The number of hydrogen-bond donors (Lipinski definition) is 4. The van der Waals surface area contributed by atoms with Crippen LogP contribution in [0, 0.1) is 0 Å². The Kier molecular flexibility index (Phi) is 7.47. The van der Waals surface area contributed by atoms with Gasteiger partial charge in [0, 0.05) is 15.3 Å². The van der Waals surface area contributed by atoms with Crippen molar-refractivity contribution in [1.29, 1.82) is 0 Å². The van der Waals surface area contributed by atoms with Crippen LogP contribution in [0.15, 0.2) is 59.6 Å². The molecule has 4 rings (SSSR count). The van der Waals surface area contributed by atoms with Gasteiger partial charge in [0.1, 0.15) is 35.9 Å². The predicted octanol–water partition coefficient (Wildman–Crippen LogP) is 1.53. The second kappa shape index (κ2) is 10.4. The highest BCUT2D eigenvalue weighted by atomic mass is 35.5. The van der Waals surface area contributed by atoms with E-state index in [9.17, 15) is 24.3 Å². The van der Waals surface area contributed by atoms with Gasteiger partial charge in [-0.25, -0.2) is 4.79 Å². The molecule has 0 aromatic heterocycles. The minimum Gasteiger partial charge on any atom is -0.480 e. The van der Waals surface area contributed by atoms with E-state index in [0.29, 0.717) is 16.1 Å². The van der Waals surface area contributed by atoms with Crippen LogP contribution >= 0.6 is 23.4 Å². The summed E-state index contributed by atoms with van der Waals surface area (Å²) in [5, 5.41) is 15.0. The monoisotopic (exact) mass is 543 g/mol. The van der Waals surface area contributed by atoms with Gasteiger partial charge in [-0.05, 0) is 43.7 Å². The number of halogens is 1. The van der Waals surface area contributed by atoms with Crippen LogP contribution in [0.4, 0.5) is 0 Å². The first-order valence-corrected chi connectivity index (χ1v) is 12.7. The van der Waals surface area contributed by atoms with Crippen LogP contribution in [0.1, 0.15) is 31.0 Å². The third kappa shape index (κ3) is 5.42. The van der Waals surface area contributed by atoms with E-state index in [-0.39, 0.29) is 12.4 Å². The maximum Gasteiger partial charge on any atom is 0.327 e. The summed E-state index contributed by atoms with van der Waals surface area (Å²) in [5.41, 5.74) is 7.07. The van der Waals surface area contributed by atoms with Gasteiger partial charge in [0.25, 0.3) is 0 Å². The smallest absolute Gasteiger partial charge is 0.327 e. The fourth-order valence-corrected chi connectivity index (χ4v) is 6.15. The first-order valence-electron chi connectivity index (χ1n) is 11.4. The summed E-state index contributed by atoms with van der Waals surface area (Å²) in [6, 6.07) is 12.2. The van der Waals surface area contributed by atoms with E-state index in [4.69, 9.17) is 17.3 Å². The van der Waals surface area contributed by atoms with Gasteiger partial charge in [-0.3, -0.25) is 19.4 Å². The standard InChI is InChI=1S/C25H26ClN5O5S/c1-25(2)19(24(35)36)31-22(34)18(23(31)37-25)30-21(33)17(13-6-4-3-5-7-13)29-16(32)12-28-20(27)14-8-10-15(26)11-9-14/h3-11,17-19,23H,12H2,1-2H3,(H2,27,28)(H,29,32)(H,30,33)(H,35,36)/t17?,18?,19-,23+/m0/s1. The molecule has 37 heavy (non-hydrogen) atoms. The van der Waals surface area contributed by atoms with Crippen LogP contribution in [0.25, 0.3) is 0 Å². The van der Waals surface area contributed by atoms with Gasteiger partial charge in [-0.1, -0.05) is 41.9 Å². The molecule has 2 unspecified atom stereocenters. The summed E-state index contributed by atoms with van der Waals surface area (Å²) in [7, 11) is 0. The molecule has 5 N–H and O–H groups in total. The lowest BCUT2D eigenvalue weighted by molar-refractivity contribution is -0.161. The van der Waals surface area contributed by atoms with Crippen molar-refractivity contribution in [2.24, 2.45) is 10.7 Å². The van der Waals surface area contributed by atoms with Crippen LogP contribution in [-0.4, -0.2) is 68.3 Å². The Balaban J connectivity index is 1.46. The lowest BCUT2D eigenvalue weighted by Gasteiger charge is -2.44. The first-order chi connectivity index (χ1) is 17.5. The van der Waals surface area contributed by atoms with Crippen molar-refractivity contribution >= 4 is 52.9 Å². The number of nitrogens with one attached hydrogen (secondary N) is 2. The molecule has 0 spiro atoms. The number of carboxylic acids is 1. The fourth-order valence-electron chi connectivity index (χ4n) is 4.40. The summed E-state index contributed by atoms with van der Waals surface area (Å²) < 4.78 is -0.722. The summed E-state index contributed by atoms with van der Waals surface area (Å²) >= 11 is 7.20. The average molecular weight is 544 g/mol. The molecule has 2 aromatic rings. The Labute approximate surface area is 222 Å². The number of fused-ring (bicyclic) bond motifs is 1. The maximum atomic E-state index is 13.3. The van der Waals surface area contributed by atoms with E-state index in [1.54, 1.807) is 68.4 Å². The van der Waals surface area contributed by atoms with Crippen LogP contribution in [-0.2, 0) is 19.2 Å². The minimum atomic E-state index is -1.10. The summed E-state index contributed by atoms with van der Waals surface area (Å²) in [5.74, 6) is -2.57. The number of amides is 3. The molecule has 0 aliphatic carbocycles. The van der Waals surface area contributed by atoms with Gasteiger partial charge in [-0.2, -0.15) is 0 Å².